The van der Waals surface area contributed by atoms with E-state index in [0.29, 0.717) is 0 Å². The Morgan fingerprint density at radius 1 is 1.11 bits per heavy atom. The normalized spacial score (nSPS) is 17.6. The fourth-order valence-corrected chi connectivity index (χ4v) is 2.41. The first-order chi connectivity index (χ1) is 8.74. The molecule has 0 amide bonds. The second kappa shape index (κ2) is 4.37. The third-order valence-corrected chi connectivity index (χ3v) is 3.38. The summed E-state index contributed by atoms with van der Waals surface area (Å²) in [6.45, 7) is 5.03. The lowest BCUT2D eigenvalue weighted by atomic mass is 10.0. The van der Waals surface area contributed by atoms with Gasteiger partial charge in [-0.1, -0.05) is 42.0 Å². The largest absolute Gasteiger partial charge is 0.482 e. The number of anilines is 1. The molecule has 18 heavy (non-hydrogen) atoms. The maximum Gasteiger partial charge on any atom is 0.143 e. The third kappa shape index (κ3) is 1.94. The summed E-state index contributed by atoms with van der Waals surface area (Å²) in [5.74, 6) is 0.952. The SMILES string of the molecule is Cc1cccc(C2CNc3c(C)cccc3O2)c1. The molecule has 0 saturated carbocycles. The van der Waals surface area contributed by atoms with E-state index in [4.69, 9.17) is 4.74 Å². The molecular weight excluding hydrogens is 222 g/mol. The number of benzene rings is 2. The topological polar surface area (TPSA) is 21.3 Å². The quantitative estimate of drug-likeness (QED) is 0.816. The molecule has 92 valence electrons. The van der Waals surface area contributed by atoms with E-state index in [2.05, 4.69) is 49.5 Å². The van der Waals surface area contributed by atoms with Crippen LogP contribution in [0.15, 0.2) is 42.5 Å². The second-order valence-corrected chi connectivity index (χ2v) is 4.85. The van der Waals surface area contributed by atoms with Crippen molar-refractivity contribution in [2.75, 3.05) is 11.9 Å². The predicted octanol–water partition coefficient (Wildman–Crippen LogP) is 3.85. The molecule has 2 aromatic carbocycles. The van der Waals surface area contributed by atoms with E-state index in [-0.39, 0.29) is 6.10 Å². The summed E-state index contributed by atoms with van der Waals surface area (Å²) in [6.07, 6.45) is 0.0965. The maximum absolute atomic E-state index is 6.09. The molecule has 0 spiro atoms. The summed E-state index contributed by atoms with van der Waals surface area (Å²) in [5, 5.41) is 3.47. The Bertz CT molecular complexity index is 577. The number of hydrogen-bond acceptors (Lipinski definition) is 2. The van der Waals surface area contributed by atoms with E-state index in [1.165, 1.54) is 16.7 Å². The molecule has 2 heteroatoms. The molecule has 0 aliphatic carbocycles. The van der Waals surface area contributed by atoms with E-state index < -0.39 is 0 Å². The van der Waals surface area contributed by atoms with Gasteiger partial charge < -0.3 is 10.1 Å². The number of rotatable bonds is 1. The van der Waals surface area contributed by atoms with Gasteiger partial charge in [0.2, 0.25) is 0 Å². The summed E-state index contributed by atoms with van der Waals surface area (Å²) in [4.78, 5) is 0. The van der Waals surface area contributed by atoms with Gasteiger partial charge in [-0.2, -0.15) is 0 Å². The maximum atomic E-state index is 6.09. The van der Waals surface area contributed by atoms with Gasteiger partial charge >= 0.3 is 0 Å². The standard InChI is InChI=1S/C16H17NO/c1-11-5-3-7-13(9-11)15-10-17-16-12(2)6-4-8-14(16)18-15/h3-9,15,17H,10H2,1-2H3. The number of fused-ring (bicyclic) bond motifs is 1. The number of para-hydroxylation sites is 1. The van der Waals surface area contributed by atoms with Crippen LogP contribution in [-0.4, -0.2) is 6.54 Å². The van der Waals surface area contributed by atoms with Gasteiger partial charge in [0.1, 0.15) is 11.9 Å². The monoisotopic (exact) mass is 239 g/mol. The summed E-state index contributed by atoms with van der Waals surface area (Å²) in [5.41, 5.74) is 4.86. The van der Waals surface area contributed by atoms with Crippen LogP contribution in [0.1, 0.15) is 22.8 Å². The van der Waals surface area contributed by atoms with E-state index in [1.54, 1.807) is 0 Å². The molecular formula is C16H17NO. The first kappa shape index (κ1) is 11.1. The lowest BCUT2D eigenvalue weighted by Crippen LogP contribution is -2.24. The first-order valence-corrected chi connectivity index (χ1v) is 6.31. The van der Waals surface area contributed by atoms with Crippen LogP contribution in [0, 0.1) is 13.8 Å². The van der Waals surface area contributed by atoms with Gasteiger partial charge in [-0.05, 0) is 31.0 Å². The second-order valence-electron chi connectivity index (χ2n) is 4.85. The summed E-state index contributed by atoms with van der Waals surface area (Å²) in [6, 6.07) is 14.7. The van der Waals surface area contributed by atoms with Crippen molar-refractivity contribution in [1.29, 1.82) is 0 Å². The number of aryl methyl sites for hydroxylation is 2. The molecule has 2 aromatic rings. The molecule has 0 radical (unpaired) electrons. The number of hydrogen-bond donors (Lipinski definition) is 1. The Balaban J connectivity index is 1.91. The molecule has 1 N–H and O–H groups in total. The van der Waals surface area contributed by atoms with Gasteiger partial charge in [0.05, 0.1) is 12.2 Å². The Morgan fingerprint density at radius 2 is 1.94 bits per heavy atom. The lowest BCUT2D eigenvalue weighted by molar-refractivity contribution is 0.210. The molecule has 3 rings (SSSR count). The van der Waals surface area contributed by atoms with Crippen LogP contribution >= 0.6 is 0 Å². The molecule has 2 nitrogen and oxygen atoms in total. The van der Waals surface area contributed by atoms with Gasteiger partial charge in [-0.15, -0.1) is 0 Å². The Hall–Kier alpha value is -1.96. The molecule has 1 aliphatic rings. The number of ether oxygens (including phenoxy) is 1. The predicted molar refractivity (Wildman–Crippen MR) is 74.2 cm³/mol. The molecule has 0 aromatic heterocycles. The van der Waals surface area contributed by atoms with Crippen molar-refractivity contribution in [3.8, 4) is 5.75 Å². The number of nitrogens with one attached hydrogen (secondary N) is 1. The average molecular weight is 239 g/mol. The average Bonchev–Trinajstić information content (AvgIpc) is 2.39. The minimum Gasteiger partial charge on any atom is -0.482 e. The Morgan fingerprint density at radius 3 is 2.78 bits per heavy atom. The molecule has 1 atom stereocenters. The van der Waals surface area contributed by atoms with Gasteiger partial charge in [0, 0.05) is 0 Å². The van der Waals surface area contributed by atoms with Gasteiger partial charge in [-0.25, -0.2) is 0 Å². The van der Waals surface area contributed by atoms with Crippen LogP contribution in [0.2, 0.25) is 0 Å². The van der Waals surface area contributed by atoms with Crippen molar-refractivity contribution in [1.82, 2.24) is 0 Å². The van der Waals surface area contributed by atoms with Crippen LogP contribution < -0.4 is 10.1 Å². The molecule has 0 bridgehead atoms. The molecule has 0 saturated heterocycles. The van der Waals surface area contributed by atoms with Crippen LogP contribution in [0.4, 0.5) is 5.69 Å². The van der Waals surface area contributed by atoms with E-state index in [1.807, 2.05) is 12.1 Å². The van der Waals surface area contributed by atoms with Crippen LogP contribution in [-0.2, 0) is 0 Å². The zero-order valence-corrected chi connectivity index (χ0v) is 10.7. The highest BCUT2D eigenvalue weighted by Gasteiger charge is 2.21. The zero-order chi connectivity index (χ0) is 12.5. The van der Waals surface area contributed by atoms with E-state index >= 15 is 0 Å². The smallest absolute Gasteiger partial charge is 0.143 e. The highest BCUT2D eigenvalue weighted by Crippen LogP contribution is 2.36. The molecule has 1 unspecified atom stereocenters. The van der Waals surface area contributed by atoms with Crippen LogP contribution in [0.25, 0.3) is 0 Å². The van der Waals surface area contributed by atoms with Crippen LogP contribution in [0.5, 0.6) is 5.75 Å². The fourth-order valence-electron chi connectivity index (χ4n) is 2.41. The molecule has 1 heterocycles. The van der Waals surface area contributed by atoms with Crippen molar-refractivity contribution in [3.05, 3.63) is 59.2 Å². The van der Waals surface area contributed by atoms with Gasteiger partial charge in [0.25, 0.3) is 0 Å². The molecule has 0 fully saturated rings. The summed E-state index contributed by atoms with van der Waals surface area (Å²) in [7, 11) is 0. The minimum atomic E-state index is 0.0965. The van der Waals surface area contributed by atoms with Crippen molar-refractivity contribution in [2.24, 2.45) is 0 Å². The van der Waals surface area contributed by atoms with Crippen LogP contribution in [0.3, 0.4) is 0 Å². The highest BCUT2D eigenvalue weighted by molar-refractivity contribution is 5.63. The Kier molecular flexibility index (Phi) is 2.71. The zero-order valence-electron chi connectivity index (χ0n) is 10.7. The van der Waals surface area contributed by atoms with Crippen molar-refractivity contribution < 1.29 is 4.74 Å². The minimum absolute atomic E-state index is 0.0965. The van der Waals surface area contributed by atoms with E-state index in [9.17, 15) is 0 Å². The van der Waals surface area contributed by atoms with E-state index in [0.717, 1.165) is 18.0 Å². The molecule has 1 aliphatic heterocycles. The van der Waals surface area contributed by atoms with Crippen molar-refractivity contribution >= 4 is 5.69 Å². The lowest BCUT2D eigenvalue weighted by Gasteiger charge is -2.28. The summed E-state index contributed by atoms with van der Waals surface area (Å²) < 4.78 is 6.09. The summed E-state index contributed by atoms with van der Waals surface area (Å²) >= 11 is 0. The van der Waals surface area contributed by atoms with Gasteiger partial charge in [0.15, 0.2) is 0 Å². The Labute approximate surface area is 108 Å². The van der Waals surface area contributed by atoms with Crippen molar-refractivity contribution in [3.63, 3.8) is 0 Å². The van der Waals surface area contributed by atoms with Gasteiger partial charge in [-0.3, -0.25) is 0 Å². The van der Waals surface area contributed by atoms with Crippen molar-refractivity contribution in [2.45, 2.75) is 20.0 Å². The highest BCUT2D eigenvalue weighted by atomic mass is 16.5. The first-order valence-electron chi connectivity index (χ1n) is 6.31. The fraction of sp³-hybridized carbons (Fsp3) is 0.250. The third-order valence-electron chi connectivity index (χ3n) is 3.38.